The summed E-state index contributed by atoms with van der Waals surface area (Å²) in [6, 6.07) is 7.51. The van der Waals surface area contributed by atoms with E-state index in [1.165, 1.54) is 13.2 Å². The van der Waals surface area contributed by atoms with E-state index in [2.05, 4.69) is 10.3 Å². The van der Waals surface area contributed by atoms with Crippen LogP contribution in [0.2, 0.25) is 0 Å². The van der Waals surface area contributed by atoms with Gasteiger partial charge >= 0.3 is 5.97 Å². The molecule has 0 aliphatic carbocycles. The number of benzene rings is 1. The van der Waals surface area contributed by atoms with Crippen molar-refractivity contribution in [3.8, 4) is 5.75 Å². The smallest absolute Gasteiger partial charge is 0.350 e. The lowest BCUT2D eigenvalue weighted by molar-refractivity contribution is -0.111. The van der Waals surface area contributed by atoms with Crippen molar-refractivity contribution in [2.24, 2.45) is 0 Å². The lowest BCUT2D eigenvalue weighted by atomic mass is 10.2. The van der Waals surface area contributed by atoms with Gasteiger partial charge in [-0.2, -0.15) is 0 Å². The monoisotopic (exact) mass is 374 g/mol. The van der Waals surface area contributed by atoms with Gasteiger partial charge in [0.25, 0.3) is 0 Å². The Labute approximate surface area is 156 Å². The highest BCUT2D eigenvalue weighted by Crippen LogP contribution is 2.24. The van der Waals surface area contributed by atoms with Crippen molar-refractivity contribution in [1.82, 2.24) is 4.98 Å². The van der Waals surface area contributed by atoms with E-state index in [9.17, 15) is 9.59 Å². The van der Waals surface area contributed by atoms with Crippen LogP contribution in [0.1, 0.15) is 41.2 Å². The maximum atomic E-state index is 12.2. The molecule has 0 saturated heterocycles. The van der Waals surface area contributed by atoms with E-state index in [1.54, 1.807) is 6.08 Å². The maximum absolute atomic E-state index is 12.2. The maximum Gasteiger partial charge on any atom is 0.350 e. The third-order valence-corrected chi connectivity index (χ3v) is 4.42. The quantitative estimate of drug-likeness (QED) is 0.559. The van der Waals surface area contributed by atoms with Crippen LogP contribution in [0, 0.1) is 0 Å². The molecule has 0 bridgehead atoms. The fourth-order valence-electron chi connectivity index (χ4n) is 2.17. The number of rotatable bonds is 8. The summed E-state index contributed by atoms with van der Waals surface area (Å²) in [4.78, 5) is 28.6. The molecule has 0 atom stereocenters. The molecule has 0 aliphatic rings. The molecule has 0 aliphatic heterocycles. The van der Waals surface area contributed by atoms with Crippen molar-refractivity contribution in [3.05, 3.63) is 46.5 Å². The van der Waals surface area contributed by atoms with Crippen LogP contribution >= 0.6 is 11.3 Å². The van der Waals surface area contributed by atoms with Crippen molar-refractivity contribution in [2.75, 3.05) is 19.0 Å². The van der Waals surface area contributed by atoms with E-state index in [-0.39, 0.29) is 5.91 Å². The third kappa shape index (κ3) is 5.16. The zero-order chi connectivity index (χ0) is 18.9. The van der Waals surface area contributed by atoms with E-state index >= 15 is 0 Å². The number of nitrogens with one attached hydrogen (secondary N) is 1. The second-order valence-corrected chi connectivity index (χ2v) is 6.35. The first-order valence-electron chi connectivity index (χ1n) is 8.37. The zero-order valence-corrected chi connectivity index (χ0v) is 15.9. The van der Waals surface area contributed by atoms with Gasteiger partial charge in [0, 0.05) is 11.6 Å². The van der Waals surface area contributed by atoms with Crippen molar-refractivity contribution in [2.45, 2.75) is 26.7 Å². The topological polar surface area (TPSA) is 77.5 Å². The number of nitrogens with zero attached hydrogens (tertiary/aromatic N) is 1. The van der Waals surface area contributed by atoms with Gasteiger partial charge in [0.05, 0.1) is 19.4 Å². The summed E-state index contributed by atoms with van der Waals surface area (Å²) in [5.74, 6) is -0.0469. The van der Waals surface area contributed by atoms with Crippen LogP contribution in [0.4, 0.5) is 5.13 Å². The predicted octanol–water partition coefficient (Wildman–Crippen LogP) is 3.93. The Morgan fingerprint density at radius 2 is 2.04 bits per heavy atom. The van der Waals surface area contributed by atoms with Gasteiger partial charge in [-0.15, -0.1) is 0 Å². The second-order valence-electron chi connectivity index (χ2n) is 5.35. The number of ether oxygens (including phenoxy) is 2. The van der Waals surface area contributed by atoms with E-state index in [1.807, 2.05) is 38.1 Å². The minimum atomic E-state index is -0.447. The van der Waals surface area contributed by atoms with E-state index in [4.69, 9.17) is 9.47 Å². The van der Waals surface area contributed by atoms with E-state index in [0.29, 0.717) is 28.7 Å². The first-order valence-corrected chi connectivity index (χ1v) is 9.19. The molecule has 0 saturated carbocycles. The van der Waals surface area contributed by atoms with E-state index < -0.39 is 5.97 Å². The highest BCUT2D eigenvalue weighted by atomic mass is 32.1. The molecule has 0 radical (unpaired) electrons. The predicted molar refractivity (Wildman–Crippen MR) is 103 cm³/mol. The van der Waals surface area contributed by atoms with Crippen LogP contribution in [0.15, 0.2) is 30.3 Å². The number of hydrogen-bond donors (Lipinski definition) is 1. The van der Waals surface area contributed by atoms with Crippen LogP contribution in [-0.2, 0) is 16.0 Å². The van der Waals surface area contributed by atoms with Crippen LogP contribution in [0.5, 0.6) is 5.75 Å². The highest BCUT2D eigenvalue weighted by molar-refractivity contribution is 7.17. The molecule has 0 spiro atoms. The molecule has 2 rings (SSSR count). The Hall–Kier alpha value is -2.67. The minimum absolute atomic E-state index is 0.330. The number of methoxy groups -OCH3 is 1. The Bertz CT molecular complexity index is 799. The molecule has 7 heteroatoms. The number of carbonyl (C=O) groups excluding carboxylic acids is 2. The standard InChI is InChI=1S/C19H22N2O4S/c1-4-12-25-15-9-7-6-8-13(15)10-11-16(22)21-19-20-14(5-2)17(26-19)18(23)24-3/h6-11H,4-5,12H2,1-3H3,(H,20,21,22). The van der Waals surface area contributed by atoms with Gasteiger partial charge in [-0.3, -0.25) is 10.1 Å². The molecule has 138 valence electrons. The van der Waals surface area contributed by atoms with Crippen LogP contribution in [-0.4, -0.2) is 30.6 Å². The SMILES string of the molecule is CCCOc1ccccc1C=CC(=O)Nc1nc(CC)c(C(=O)OC)s1. The van der Waals surface area contributed by atoms with E-state index in [0.717, 1.165) is 29.1 Å². The van der Waals surface area contributed by atoms with Crippen LogP contribution in [0.25, 0.3) is 6.08 Å². The number of carbonyl (C=O) groups is 2. The van der Waals surface area contributed by atoms with Crippen LogP contribution in [0.3, 0.4) is 0 Å². The Morgan fingerprint density at radius 3 is 2.73 bits per heavy atom. The minimum Gasteiger partial charge on any atom is -0.493 e. The lowest BCUT2D eigenvalue weighted by Gasteiger charge is -2.07. The highest BCUT2D eigenvalue weighted by Gasteiger charge is 2.18. The summed E-state index contributed by atoms with van der Waals surface area (Å²) >= 11 is 1.10. The van der Waals surface area contributed by atoms with Gasteiger partial charge in [0.15, 0.2) is 5.13 Å². The van der Waals surface area contributed by atoms with Gasteiger partial charge < -0.3 is 9.47 Å². The molecule has 1 heterocycles. The van der Waals surface area contributed by atoms with Crippen molar-refractivity contribution in [3.63, 3.8) is 0 Å². The van der Waals surface area contributed by atoms with Crippen LogP contribution < -0.4 is 10.1 Å². The summed E-state index contributed by atoms with van der Waals surface area (Å²) in [6.07, 6.45) is 4.59. The number of anilines is 1. The molecule has 0 fully saturated rings. The summed E-state index contributed by atoms with van der Waals surface area (Å²) in [5.41, 5.74) is 1.43. The second kappa shape index (κ2) is 9.72. The number of thiazole rings is 1. The number of para-hydroxylation sites is 1. The summed E-state index contributed by atoms with van der Waals surface area (Å²) in [5, 5.41) is 3.05. The summed E-state index contributed by atoms with van der Waals surface area (Å²) < 4.78 is 10.4. The Balaban J connectivity index is 2.08. The molecule has 6 nitrogen and oxygen atoms in total. The molecule has 1 aromatic carbocycles. The molecule has 1 aromatic heterocycles. The number of hydrogen-bond acceptors (Lipinski definition) is 6. The number of amides is 1. The van der Waals surface area contributed by atoms with Crippen molar-refractivity contribution in [1.29, 1.82) is 0 Å². The molecule has 26 heavy (non-hydrogen) atoms. The molecule has 2 aromatic rings. The molecule has 0 unspecified atom stereocenters. The van der Waals surface area contributed by atoms with Gasteiger partial charge in [-0.25, -0.2) is 9.78 Å². The van der Waals surface area contributed by atoms with Gasteiger partial charge in [-0.1, -0.05) is 43.4 Å². The Morgan fingerprint density at radius 1 is 1.27 bits per heavy atom. The molecule has 1 N–H and O–H groups in total. The summed E-state index contributed by atoms with van der Waals surface area (Å²) in [7, 11) is 1.32. The fraction of sp³-hybridized carbons (Fsp3) is 0.316. The van der Waals surface area contributed by atoms with Crippen molar-refractivity contribution < 1.29 is 19.1 Å². The van der Waals surface area contributed by atoms with Gasteiger partial charge in [0.1, 0.15) is 10.6 Å². The number of aromatic nitrogens is 1. The number of aryl methyl sites for hydroxylation is 1. The largest absolute Gasteiger partial charge is 0.493 e. The average Bonchev–Trinajstić information content (AvgIpc) is 3.07. The van der Waals surface area contributed by atoms with Crippen molar-refractivity contribution >= 4 is 34.4 Å². The lowest BCUT2D eigenvalue weighted by Crippen LogP contribution is -2.07. The summed E-state index contributed by atoms with van der Waals surface area (Å²) in [6.45, 7) is 4.54. The first-order chi connectivity index (χ1) is 12.6. The first kappa shape index (κ1) is 19.7. The fourth-order valence-corrected chi connectivity index (χ4v) is 3.15. The Kier molecular flexibility index (Phi) is 7.35. The molecular weight excluding hydrogens is 352 g/mol. The molecular formula is C19H22N2O4S. The average molecular weight is 374 g/mol. The third-order valence-electron chi connectivity index (χ3n) is 3.43. The van der Waals surface area contributed by atoms with Gasteiger partial charge in [-0.05, 0) is 25.0 Å². The number of esters is 1. The zero-order valence-electron chi connectivity index (χ0n) is 15.1. The molecule has 1 amide bonds. The van der Waals surface area contributed by atoms with Gasteiger partial charge in [0.2, 0.25) is 5.91 Å². The normalized spacial score (nSPS) is 10.7.